The molecule has 0 spiro atoms. The highest BCUT2D eigenvalue weighted by Crippen LogP contribution is 2.36. The van der Waals surface area contributed by atoms with Crippen molar-refractivity contribution in [3.05, 3.63) is 38.8 Å². The summed E-state index contributed by atoms with van der Waals surface area (Å²) in [6, 6.07) is 3.50. The highest BCUT2D eigenvalue weighted by atomic mass is 35.5. The van der Waals surface area contributed by atoms with Crippen LogP contribution in [-0.2, 0) is 5.41 Å². The van der Waals surface area contributed by atoms with E-state index in [1.807, 2.05) is 34.6 Å². The smallest absolute Gasteiger partial charge is 0.274 e. The van der Waals surface area contributed by atoms with E-state index in [0.29, 0.717) is 41.0 Å². The minimum absolute atomic E-state index is 0.147. The van der Waals surface area contributed by atoms with Gasteiger partial charge >= 0.3 is 0 Å². The van der Waals surface area contributed by atoms with Crippen molar-refractivity contribution in [2.75, 3.05) is 18.6 Å². The molecule has 28 heavy (non-hydrogen) atoms. The highest BCUT2D eigenvalue weighted by molar-refractivity contribution is 6.32. The van der Waals surface area contributed by atoms with Crippen molar-refractivity contribution in [1.82, 2.24) is 15.2 Å². The number of hydrogen-bond acceptors (Lipinski definition) is 7. The van der Waals surface area contributed by atoms with Gasteiger partial charge in [-0.05, 0) is 31.0 Å². The van der Waals surface area contributed by atoms with Crippen LogP contribution in [-0.4, -0.2) is 34.6 Å². The van der Waals surface area contributed by atoms with Crippen LogP contribution in [0.5, 0.6) is 11.5 Å². The van der Waals surface area contributed by atoms with Gasteiger partial charge in [0.05, 0.1) is 24.5 Å². The van der Waals surface area contributed by atoms with Gasteiger partial charge in [-0.15, -0.1) is 10.2 Å². The molecule has 2 N–H and O–H groups in total. The van der Waals surface area contributed by atoms with E-state index in [4.69, 9.17) is 21.1 Å². The summed E-state index contributed by atoms with van der Waals surface area (Å²) in [6.07, 6.45) is 2.40. The Morgan fingerprint density at radius 3 is 2.61 bits per heavy atom. The highest BCUT2D eigenvalue weighted by Gasteiger charge is 2.20. The van der Waals surface area contributed by atoms with E-state index >= 15 is 0 Å². The monoisotopic (exact) mass is 407 g/mol. The Balaban J connectivity index is 2.18. The maximum atomic E-state index is 12.1. The largest absolute Gasteiger partial charge is 0.490 e. The SMILES string of the molecule is CCCOc1c(Cl)cc(/C=N/Nc2nnc(C(C)(C)C)c(=O)[nH]2)cc1OCC. The molecular formula is C19H26ClN5O3. The van der Waals surface area contributed by atoms with E-state index in [9.17, 15) is 4.79 Å². The molecule has 0 radical (unpaired) electrons. The number of rotatable bonds is 8. The van der Waals surface area contributed by atoms with Crippen molar-refractivity contribution in [3.8, 4) is 11.5 Å². The van der Waals surface area contributed by atoms with Crippen LogP contribution in [0.3, 0.4) is 0 Å². The minimum atomic E-state index is -0.392. The number of anilines is 1. The third kappa shape index (κ3) is 5.69. The van der Waals surface area contributed by atoms with Gasteiger partial charge in [-0.2, -0.15) is 5.10 Å². The lowest BCUT2D eigenvalue weighted by Crippen LogP contribution is -2.28. The molecule has 9 heteroatoms. The number of aromatic amines is 1. The Hall–Kier alpha value is -2.61. The van der Waals surface area contributed by atoms with Gasteiger partial charge in [-0.3, -0.25) is 9.78 Å². The molecule has 0 saturated carbocycles. The average molecular weight is 408 g/mol. The minimum Gasteiger partial charge on any atom is -0.490 e. The van der Waals surface area contributed by atoms with Crippen LogP contribution >= 0.6 is 11.6 Å². The first-order chi connectivity index (χ1) is 13.3. The van der Waals surface area contributed by atoms with Crippen LogP contribution < -0.4 is 20.5 Å². The quantitative estimate of drug-likeness (QED) is 0.510. The number of hydrogen-bond donors (Lipinski definition) is 2. The van der Waals surface area contributed by atoms with Crippen LogP contribution in [0.25, 0.3) is 0 Å². The van der Waals surface area contributed by atoms with E-state index in [2.05, 4.69) is 25.7 Å². The normalized spacial score (nSPS) is 11.6. The lowest BCUT2D eigenvalue weighted by atomic mass is 9.93. The third-order valence-corrected chi connectivity index (χ3v) is 3.85. The Bertz CT molecular complexity index is 890. The number of halogens is 1. The molecule has 152 valence electrons. The van der Waals surface area contributed by atoms with Crippen LogP contribution in [0, 0.1) is 0 Å². The van der Waals surface area contributed by atoms with Gasteiger partial charge in [-0.25, -0.2) is 5.43 Å². The number of aromatic nitrogens is 3. The molecule has 0 bridgehead atoms. The summed E-state index contributed by atoms with van der Waals surface area (Å²) in [4.78, 5) is 14.7. The summed E-state index contributed by atoms with van der Waals surface area (Å²) in [7, 11) is 0. The Morgan fingerprint density at radius 1 is 1.25 bits per heavy atom. The van der Waals surface area contributed by atoms with E-state index in [1.165, 1.54) is 6.21 Å². The van der Waals surface area contributed by atoms with Crippen molar-refractivity contribution >= 4 is 23.8 Å². The van der Waals surface area contributed by atoms with Crippen molar-refractivity contribution < 1.29 is 9.47 Å². The molecule has 1 heterocycles. The molecule has 2 rings (SSSR count). The van der Waals surface area contributed by atoms with Crippen LogP contribution in [0.1, 0.15) is 52.3 Å². The molecule has 0 saturated heterocycles. The second-order valence-corrected chi connectivity index (χ2v) is 7.49. The Morgan fingerprint density at radius 2 is 2.00 bits per heavy atom. The fraction of sp³-hybridized carbons (Fsp3) is 0.474. The van der Waals surface area contributed by atoms with Crippen molar-refractivity contribution in [1.29, 1.82) is 0 Å². The number of benzene rings is 1. The Kier molecular flexibility index (Phi) is 7.39. The lowest BCUT2D eigenvalue weighted by molar-refractivity contribution is 0.277. The van der Waals surface area contributed by atoms with Gasteiger partial charge in [0.2, 0.25) is 5.95 Å². The first-order valence-electron chi connectivity index (χ1n) is 9.12. The van der Waals surface area contributed by atoms with Crippen LogP contribution in [0.15, 0.2) is 22.0 Å². The molecule has 0 aliphatic heterocycles. The molecule has 8 nitrogen and oxygen atoms in total. The number of nitrogens with one attached hydrogen (secondary N) is 2. The molecule has 2 aromatic rings. The summed E-state index contributed by atoms with van der Waals surface area (Å²) >= 11 is 6.33. The molecule has 0 atom stereocenters. The predicted octanol–water partition coefficient (Wildman–Crippen LogP) is 3.75. The molecule has 0 aliphatic rings. The topological polar surface area (TPSA) is 101 Å². The van der Waals surface area contributed by atoms with Gasteiger partial charge in [0, 0.05) is 5.41 Å². The summed E-state index contributed by atoms with van der Waals surface area (Å²) in [5.74, 6) is 1.21. The molecule has 1 aromatic heterocycles. The molecule has 0 unspecified atom stereocenters. The summed E-state index contributed by atoms with van der Waals surface area (Å²) < 4.78 is 11.3. The van der Waals surface area contributed by atoms with Crippen molar-refractivity contribution in [3.63, 3.8) is 0 Å². The van der Waals surface area contributed by atoms with Crippen molar-refractivity contribution in [2.24, 2.45) is 5.10 Å². The first kappa shape index (κ1) is 21.7. The second kappa shape index (κ2) is 9.54. The molecule has 0 amide bonds. The molecule has 0 fully saturated rings. The van der Waals surface area contributed by atoms with Gasteiger partial charge < -0.3 is 9.47 Å². The summed E-state index contributed by atoms with van der Waals surface area (Å²) in [6.45, 7) is 10.6. The zero-order chi connectivity index (χ0) is 20.7. The van der Waals surface area contributed by atoms with Gasteiger partial charge in [-0.1, -0.05) is 39.3 Å². The molecule has 0 aliphatic carbocycles. The van der Waals surface area contributed by atoms with Gasteiger partial charge in [0.25, 0.3) is 5.56 Å². The fourth-order valence-corrected chi connectivity index (χ4v) is 2.59. The number of ether oxygens (including phenoxy) is 2. The van der Waals surface area contributed by atoms with E-state index in [-0.39, 0.29) is 11.5 Å². The maximum Gasteiger partial charge on any atom is 0.274 e. The average Bonchev–Trinajstić information content (AvgIpc) is 2.60. The predicted molar refractivity (Wildman–Crippen MR) is 111 cm³/mol. The van der Waals surface area contributed by atoms with Gasteiger partial charge in [0.15, 0.2) is 11.5 Å². The molecular weight excluding hydrogens is 382 g/mol. The summed E-state index contributed by atoms with van der Waals surface area (Å²) in [5.41, 5.74) is 3.02. The van der Waals surface area contributed by atoms with Crippen LogP contribution in [0.4, 0.5) is 5.95 Å². The van der Waals surface area contributed by atoms with Crippen LogP contribution in [0.2, 0.25) is 5.02 Å². The second-order valence-electron chi connectivity index (χ2n) is 7.08. The standard InChI is InChI=1S/C19H26ClN5O3/c1-6-8-28-15-13(20)9-12(10-14(15)27-7-2)11-21-24-18-22-17(26)16(23-25-18)19(3,4)5/h9-11H,6-8H2,1-5H3,(H2,22,24,25,26)/b21-11+. The number of nitrogens with zero attached hydrogens (tertiary/aromatic N) is 3. The zero-order valence-corrected chi connectivity index (χ0v) is 17.6. The zero-order valence-electron chi connectivity index (χ0n) is 16.8. The number of H-pyrrole nitrogens is 1. The van der Waals surface area contributed by atoms with E-state index < -0.39 is 5.41 Å². The fourth-order valence-electron chi connectivity index (χ4n) is 2.32. The maximum absolute atomic E-state index is 12.1. The van der Waals surface area contributed by atoms with Gasteiger partial charge in [0.1, 0.15) is 5.69 Å². The number of hydrazone groups is 1. The molecule has 1 aromatic carbocycles. The van der Waals surface area contributed by atoms with Crippen molar-refractivity contribution in [2.45, 2.75) is 46.5 Å². The first-order valence-corrected chi connectivity index (χ1v) is 9.49. The van der Waals surface area contributed by atoms with E-state index in [0.717, 1.165) is 6.42 Å². The lowest BCUT2D eigenvalue weighted by Gasteiger charge is -2.15. The summed E-state index contributed by atoms with van der Waals surface area (Å²) in [5, 5.41) is 12.4. The van der Waals surface area contributed by atoms with E-state index in [1.54, 1.807) is 12.1 Å². The Labute approximate surface area is 169 Å². The third-order valence-electron chi connectivity index (χ3n) is 3.57.